The number of halogens is 1. The van der Waals surface area contributed by atoms with Gasteiger partial charge in [-0.15, -0.1) is 0 Å². The zero-order chi connectivity index (χ0) is 12.4. The molecule has 2 heterocycles. The van der Waals surface area contributed by atoms with Crippen LogP contribution in [0.25, 0.3) is 0 Å². The van der Waals surface area contributed by atoms with E-state index in [2.05, 4.69) is 11.4 Å². The van der Waals surface area contributed by atoms with E-state index in [4.69, 9.17) is 21.1 Å². The Hall–Kier alpha value is -0.930. The largest absolute Gasteiger partial charge is 0.489 e. The molecule has 1 atom stereocenters. The van der Waals surface area contributed by atoms with Gasteiger partial charge in [-0.05, 0) is 43.0 Å². The van der Waals surface area contributed by atoms with Crippen LogP contribution < -0.4 is 14.8 Å². The molecule has 0 amide bonds. The van der Waals surface area contributed by atoms with Crippen molar-refractivity contribution < 1.29 is 9.47 Å². The second kappa shape index (κ2) is 5.37. The minimum absolute atomic E-state index is 0.536. The highest BCUT2D eigenvalue weighted by molar-refractivity contribution is 6.32. The molecule has 1 N–H and O–H groups in total. The molecular formula is C14H18ClNO2. The molecule has 4 heteroatoms. The quantitative estimate of drug-likeness (QED) is 0.849. The standard InChI is InChI=1S/C14H18ClNO2/c15-12-7-11(10-3-1-4-16-9-10)8-13-14(12)18-6-2-5-17-13/h7-8,10,16H,1-6,9H2. The molecule has 2 aliphatic rings. The third kappa shape index (κ3) is 2.43. The lowest BCUT2D eigenvalue weighted by Crippen LogP contribution is -2.28. The van der Waals surface area contributed by atoms with Gasteiger partial charge in [0, 0.05) is 13.0 Å². The summed E-state index contributed by atoms with van der Waals surface area (Å²) >= 11 is 6.31. The maximum Gasteiger partial charge on any atom is 0.179 e. The van der Waals surface area contributed by atoms with Crippen molar-refractivity contribution in [2.75, 3.05) is 26.3 Å². The molecule has 2 aliphatic heterocycles. The molecule has 1 saturated heterocycles. The first-order valence-corrected chi connectivity index (χ1v) is 7.02. The summed E-state index contributed by atoms with van der Waals surface area (Å²) in [6.45, 7) is 3.53. The van der Waals surface area contributed by atoms with Crippen LogP contribution >= 0.6 is 11.6 Å². The molecule has 0 bridgehead atoms. The van der Waals surface area contributed by atoms with Gasteiger partial charge in [0.2, 0.25) is 0 Å². The van der Waals surface area contributed by atoms with Crippen LogP contribution in [0.4, 0.5) is 0 Å². The smallest absolute Gasteiger partial charge is 0.179 e. The number of ether oxygens (including phenoxy) is 2. The Morgan fingerprint density at radius 3 is 2.89 bits per heavy atom. The summed E-state index contributed by atoms with van der Waals surface area (Å²) in [6, 6.07) is 4.14. The van der Waals surface area contributed by atoms with Crippen molar-refractivity contribution in [1.82, 2.24) is 5.32 Å². The van der Waals surface area contributed by atoms with E-state index >= 15 is 0 Å². The molecule has 0 saturated carbocycles. The van der Waals surface area contributed by atoms with Crippen LogP contribution in [0.15, 0.2) is 12.1 Å². The summed E-state index contributed by atoms with van der Waals surface area (Å²) in [6.07, 6.45) is 3.34. The van der Waals surface area contributed by atoms with Crippen LogP contribution in [0.5, 0.6) is 11.5 Å². The summed E-state index contributed by atoms with van der Waals surface area (Å²) in [5, 5.41) is 4.11. The van der Waals surface area contributed by atoms with Crippen molar-refractivity contribution in [2.45, 2.75) is 25.2 Å². The lowest BCUT2D eigenvalue weighted by molar-refractivity contribution is 0.297. The van der Waals surface area contributed by atoms with Gasteiger partial charge in [0.1, 0.15) is 0 Å². The summed E-state index contributed by atoms with van der Waals surface area (Å²) in [4.78, 5) is 0. The topological polar surface area (TPSA) is 30.5 Å². The van der Waals surface area contributed by atoms with Crippen molar-refractivity contribution in [2.24, 2.45) is 0 Å². The van der Waals surface area contributed by atoms with Gasteiger partial charge in [0.05, 0.1) is 18.2 Å². The third-order valence-corrected chi connectivity index (χ3v) is 3.87. The van der Waals surface area contributed by atoms with Gasteiger partial charge >= 0.3 is 0 Å². The molecule has 18 heavy (non-hydrogen) atoms. The molecular weight excluding hydrogens is 250 g/mol. The van der Waals surface area contributed by atoms with E-state index in [0.29, 0.717) is 29.9 Å². The molecule has 0 radical (unpaired) electrons. The summed E-state index contributed by atoms with van der Waals surface area (Å²) in [7, 11) is 0. The molecule has 3 rings (SSSR count). The van der Waals surface area contributed by atoms with E-state index in [0.717, 1.165) is 25.3 Å². The van der Waals surface area contributed by atoms with E-state index in [-0.39, 0.29) is 0 Å². The maximum absolute atomic E-state index is 6.31. The first-order valence-electron chi connectivity index (χ1n) is 6.64. The predicted molar refractivity (Wildman–Crippen MR) is 71.9 cm³/mol. The number of rotatable bonds is 1. The predicted octanol–water partition coefficient (Wildman–Crippen LogP) is 2.97. The molecule has 1 aromatic rings. The SMILES string of the molecule is Clc1cc(C2CCCNC2)cc2c1OCCCO2. The van der Waals surface area contributed by atoms with Crippen LogP contribution in [-0.2, 0) is 0 Å². The van der Waals surface area contributed by atoms with Crippen molar-refractivity contribution in [3.05, 3.63) is 22.7 Å². The lowest BCUT2D eigenvalue weighted by atomic mass is 9.91. The maximum atomic E-state index is 6.31. The summed E-state index contributed by atoms with van der Waals surface area (Å²) in [5.74, 6) is 2.05. The Morgan fingerprint density at radius 1 is 1.17 bits per heavy atom. The van der Waals surface area contributed by atoms with E-state index in [9.17, 15) is 0 Å². The molecule has 1 fully saturated rings. The highest BCUT2D eigenvalue weighted by Gasteiger charge is 2.21. The van der Waals surface area contributed by atoms with Gasteiger partial charge in [-0.25, -0.2) is 0 Å². The second-order valence-corrected chi connectivity index (χ2v) is 5.33. The van der Waals surface area contributed by atoms with E-state index in [1.54, 1.807) is 0 Å². The number of fused-ring (bicyclic) bond motifs is 1. The number of piperidine rings is 1. The van der Waals surface area contributed by atoms with Gasteiger partial charge in [-0.1, -0.05) is 11.6 Å². The first-order chi connectivity index (χ1) is 8.84. The number of nitrogens with one attached hydrogen (secondary N) is 1. The molecule has 0 spiro atoms. The van der Waals surface area contributed by atoms with Crippen LogP contribution in [0, 0.1) is 0 Å². The van der Waals surface area contributed by atoms with Crippen LogP contribution in [-0.4, -0.2) is 26.3 Å². The summed E-state index contributed by atoms with van der Waals surface area (Å²) < 4.78 is 11.4. The fraction of sp³-hybridized carbons (Fsp3) is 0.571. The molecule has 98 valence electrons. The van der Waals surface area contributed by atoms with E-state index in [1.807, 2.05) is 6.07 Å². The highest BCUT2D eigenvalue weighted by Crippen LogP contribution is 2.40. The molecule has 1 unspecified atom stereocenters. The van der Waals surface area contributed by atoms with Gasteiger partial charge < -0.3 is 14.8 Å². The van der Waals surface area contributed by atoms with Crippen LogP contribution in [0.1, 0.15) is 30.7 Å². The van der Waals surface area contributed by atoms with Crippen molar-refractivity contribution >= 4 is 11.6 Å². The average Bonchev–Trinajstić information content (AvgIpc) is 2.65. The molecule has 0 aromatic heterocycles. The summed E-state index contributed by atoms with van der Waals surface area (Å²) in [5.41, 5.74) is 1.26. The zero-order valence-electron chi connectivity index (χ0n) is 10.4. The Kier molecular flexibility index (Phi) is 3.62. The van der Waals surface area contributed by atoms with Crippen LogP contribution in [0.3, 0.4) is 0 Å². The van der Waals surface area contributed by atoms with E-state index in [1.165, 1.54) is 18.4 Å². The molecule has 3 nitrogen and oxygen atoms in total. The molecule has 0 aliphatic carbocycles. The normalized spacial score (nSPS) is 23.5. The average molecular weight is 268 g/mol. The third-order valence-electron chi connectivity index (χ3n) is 3.59. The monoisotopic (exact) mass is 267 g/mol. The Morgan fingerprint density at radius 2 is 2.06 bits per heavy atom. The Labute approximate surface area is 112 Å². The van der Waals surface area contributed by atoms with Crippen molar-refractivity contribution in [1.29, 1.82) is 0 Å². The fourth-order valence-electron chi connectivity index (χ4n) is 2.62. The fourth-order valence-corrected chi connectivity index (χ4v) is 2.90. The number of benzene rings is 1. The number of hydrogen-bond donors (Lipinski definition) is 1. The second-order valence-electron chi connectivity index (χ2n) is 4.92. The van der Waals surface area contributed by atoms with Crippen LogP contribution in [0.2, 0.25) is 5.02 Å². The lowest BCUT2D eigenvalue weighted by Gasteiger charge is -2.24. The van der Waals surface area contributed by atoms with Crippen molar-refractivity contribution in [3.63, 3.8) is 0 Å². The minimum Gasteiger partial charge on any atom is -0.489 e. The van der Waals surface area contributed by atoms with Gasteiger partial charge in [-0.3, -0.25) is 0 Å². The Balaban J connectivity index is 1.91. The number of hydrogen-bond acceptors (Lipinski definition) is 3. The van der Waals surface area contributed by atoms with Gasteiger partial charge in [-0.2, -0.15) is 0 Å². The van der Waals surface area contributed by atoms with Crippen molar-refractivity contribution in [3.8, 4) is 11.5 Å². The Bertz CT molecular complexity index is 430. The van der Waals surface area contributed by atoms with Gasteiger partial charge in [0.25, 0.3) is 0 Å². The zero-order valence-corrected chi connectivity index (χ0v) is 11.1. The molecule has 1 aromatic carbocycles. The van der Waals surface area contributed by atoms with E-state index < -0.39 is 0 Å². The van der Waals surface area contributed by atoms with Gasteiger partial charge in [0.15, 0.2) is 11.5 Å². The first kappa shape index (κ1) is 12.1. The highest BCUT2D eigenvalue weighted by atomic mass is 35.5. The minimum atomic E-state index is 0.536.